The molecule has 1 fully saturated rings. The molecule has 1 aliphatic carbocycles. The monoisotopic (exact) mass is 786 g/mol. The van der Waals surface area contributed by atoms with Crippen LogP contribution in [0, 0.1) is 11.8 Å². The topological polar surface area (TPSA) is 133 Å². The summed E-state index contributed by atoms with van der Waals surface area (Å²) < 4.78 is 6.17. The van der Waals surface area contributed by atoms with Crippen LogP contribution in [-0.2, 0) is 14.3 Å². The SMILES string of the molecule is CCCCC/C=C/C/C=C/CCCCCCCC(=O)OC1=C(C)C2=NC1=CC1=NC(=CC3=C(C)C4=C(O)CC(=C5NC(=C2)[C@@H](C)[C@@H]5CCC(=O)O)C4=N3)C(CC)=C1C. The summed E-state index contributed by atoms with van der Waals surface area (Å²) in [5.41, 5.74) is 11.5. The summed E-state index contributed by atoms with van der Waals surface area (Å²) in [6, 6.07) is 0. The molecule has 9 heteroatoms. The highest BCUT2D eigenvalue weighted by atomic mass is 16.5. The number of nitrogens with one attached hydrogen (secondary N) is 1. The Hall–Kier alpha value is -5.05. The van der Waals surface area contributed by atoms with Gasteiger partial charge in [-0.15, -0.1) is 0 Å². The number of aliphatic carboxylic acids is 1. The van der Waals surface area contributed by atoms with Crippen molar-refractivity contribution in [3.05, 3.63) is 116 Å². The van der Waals surface area contributed by atoms with Crippen molar-refractivity contribution in [3.63, 3.8) is 0 Å². The lowest BCUT2D eigenvalue weighted by atomic mass is 9.86. The third kappa shape index (κ3) is 9.62. The van der Waals surface area contributed by atoms with Gasteiger partial charge in [0.2, 0.25) is 0 Å². The first-order valence-corrected chi connectivity index (χ1v) is 21.7. The van der Waals surface area contributed by atoms with Crippen LogP contribution in [0.25, 0.3) is 0 Å². The molecule has 9 nitrogen and oxygen atoms in total. The summed E-state index contributed by atoms with van der Waals surface area (Å²) in [6.07, 6.45) is 29.2. The molecule has 3 N–H and O–H groups in total. The van der Waals surface area contributed by atoms with Gasteiger partial charge in [-0.3, -0.25) is 9.59 Å². The number of carboxylic acid groups (broad SMARTS) is 1. The van der Waals surface area contributed by atoms with E-state index in [1.165, 1.54) is 25.7 Å². The first-order chi connectivity index (χ1) is 28.0. The molecule has 5 aliphatic heterocycles. The lowest BCUT2D eigenvalue weighted by Gasteiger charge is -2.17. The minimum atomic E-state index is -0.851. The Morgan fingerprint density at radius 1 is 0.828 bits per heavy atom. The minimum absolute atomic E-state index is 0.0152. The molecule has 0 saturated carbocycles. The zero-order valence-electron chi connectivity index (χ0n) is 35.5. The highest BCUT2D eigenvalue weighted by Crippen LogP contribution is 2.46. The van der Waals surface area contributed by atoms with Gasteiger partial charge in [-0.2, -0.15) is 0 Å². The second-order valence-electron chi connectivity index (χ2n) is 16.3. The number of aliphatic hydroxyl groups excluding tert-OH is 1. The molecule has 58 heavy (non-hydrogen) atoms. The van der Waals surface area contributed by atoms with E-state index in [1.807, 2.05) is 32.1 Å². The maximum absolute atomic E-state index is 13.4. The molecule has 0 unspecified atom stereocenters. The molecule has 0 amide bonds. The van der Waals surface area contributed by atoms with E-state index >= 15 is 0 Å². The molecule has 2 atom stereocenters. The lowest BCUT2D eigenvalue weighted by Crippen LogP contribution is -2.15. The summed E-state index contributed by atoms with van der Waals surface area (Å²) in [5, 5.41) is 24.6. The molecule has 0 aromatic carbocycles. The molecular formula is C49H62N4O5. The number of carbonyl (C=O) groups excluding carboxylic acids is 1. The van der Waals surface area contributed by atoms with Crippen molar-refractivity contribution in [3.8, 4) is 0 Å². The number of allylic oxidation sites excluding steroid dienone is 15. The third-order valence-corrected chi connectivity index (χ3v) is 12.2. The Labute approximate surface area is 345 Å². The Morgan fingerprint density at radius 2 is 1.52 bits per heavy atom. The largest absolute Gasteiger partial charge is 0.511 e. The fourth-order valence-electron chi connectivity index (χ4n) is 8.74. The number of nitrogens with zero attached hydrogens (tertiary/aromatic N) is 3. The van der Waals surface area contributed by atoms with Crippen LogP contribution in [0.3, 0.4) is 0 Å². The van der Waals surface area contributed by atoms with E-state index in [0.717, 1.165) is 119 Å². The Balaban J connectivity index is 1.20. The highest BCUT2D eigenvalue weighted by molar-refractivity contribution is 6.21. The number of ether oxygens (including phenoxy) is 1. The number of hydrogen-bond donors (Lipinski definition) is 3. The predicted octanol–water partition coefficient (Wildman–Crippen LogP) is 11.8. The lowest BCUT2D eigenvalue weighted by molar-refractivity contribution is -0.139. The van der Waals surface area contributed by atoms with Gasteiger partial charge in [0.25, 0.3) is 0 Å². The van der Waals surface area contributed by atoms with Gasteiger partial charge in [0.1, 0.15) is 11.5 Å². The first kappa shape index (κ1) is 42.6. The summed E-state index contributed by atoms with van der Waals surface area (Å²) in [4.78, 5) is 40.4. The molecule has 0 radical (unpaired) electrons. The number of esters is 1. The minimum Gasteiger partial charge on any atom is -0.511 e. The average molecular weight is 787 g/mol. The fraction of sp³-hybridized carbons (Fsp3) is 0.490. The molecule has 6 aliphatic rings. The number of hydrogen-bond acceptors (Lipinski definition) is 8. The maximum Gasteiger partial charge on any atom is 0.311 e. The maximum atomic E-state index is 13.4. The van der Waals surface area contributed by atoms with Gasteiger partial charge >= 0.3 is 11.9 Å². The van der Waals surface area contributed by atoms with Crippen molar-refractivity contribution in [2.24, 2.45) is 26.8 Å². The number of aliphatic imine (C=N–C) groups is 3. The fourth-order valence-corrected chi connectivity index (χ4v) is 8.74. The van der Waals surface area contributed by atoms with Crippen LogP contribution in [0.2, 0.25) is 0 Å². The van der Waals surface area contributed by atoms with Crippen molar-refractivity contribution in [2.45, 2.75) is 144 Å². The second-order valence-corrected chi connectivity index (χ2v) is 16.3. The van der Waals surface area contributed by atoms with Crippen LogP contribution < -0.4 is 5.32 Å². The number of carbonyl (C=O) groups is 2. The van der Waals surface area contributed by atoms with Crippen molar-refractivity contribution >= 4 is 29.1 Å². The van der Waals surface area contributed by atoms with Gasteiger partial charge in [0.15, 0.2) is 5.76 Å². The summed E-state index contributed by atoms with van der Waals surface area (Å²) in [7, 11) is 0. The van der Waals surface area contributed by atoms with Crippen LogP contribution in [0.4, 0.5) is 0 Å². The smallest absolute Gasteiger partial charge is 0.311 e. The molecule has 308 valence electrons. The molecule has 5 heterocycles. The van der Waals surface area contributed by atoms with Crippen LogP contribution in [0.5, 0.6) is 0 Å². The first-order valence-electron chi connectivity index (χ1n) is 21.7. The van der Waals surface area contributed by atoms with Crippen molar-refractivity contribution < 1.29 is 24.5 Å². The van der Waals surface area contributed by atoms with E-state index < -0.39 is 5.97 Å². The predicted molar refractivity (Wildman–Crippen MR) is 234 cm³/mol. The second kappa shape index (κ2) is 19.6. The number of carboxylic acids is 1. The van der Waals surface area contributed by atoms with Gasteiger partial charge in [0.05, 0.1) is 28.5 Å². The van der Waals surface area contributed by atoms with Crippen molar-refractivity contribution in [1.29, 1.82) is 0 Å². The zero-order valence-corrected chi connectivity index (χ0v) is 35.5. The summed E-state index contributed by atoms with van der Waals surface area (Å²) in [6.45, 7) is 12.4. The Bertz CT molecular complexity index is 2100. The van der Waals surface area contributed by atoms with E-state index in [-0.39, 0.29) is 30.0 Å². The molecule has 0 aromatic heterocycles. The molecule has 6 rings (SSSR count). The number of unbranched alkanes of at least 4 members (excludes halogenated alkanes) is 8. The quantitative estimate of drug-likeness (QED) is 0.0678. The normalized spacial score (nSPS) is 21.4. The highest BCUT2D eigenvalue weighted by Gasteiger charge is 2.41. The van der Waals surface area contributed by atoms with Crippen molar-refractivity contribution in [1.82, 2.24) is 5.32 Å². The van der Waals surface area contributed by atoms with Gasteiger partial charge in [-0.1, -0.05) is 77.2 Å². The molecule has 8 bridgehead atoms. The molecule has 0 spiro atoms. The van der Waals surface area contributed by atoms with E-state index in [0.29, 0.717) is 36.4 Å². The zero-order chi connectivity index (χ0) is 41.3. The van der Waals surface area contributed by atoms with E-state index in [4.69, 9.17) is 19.7 Å². The van der Waals surface area contributed by atoms with Gasteiger partial charge in [-0.25, -0.2) is 15.0 Å². The Kier molecular flexibility index (Phi) is 14.4. The van der Waals surface area contributed by atoms with Gasteiger partial charge in [0, 0.05) is 59.2 Å². The Morgan fingerprint density at radius 3 is 2.24 bits per heavy atom. The standard InChI is InChI=1S/C49H62N4O5/c1-7-9-10-11-12-13-14-15-16-17-18-19-20-21-22-23-45(57)58-49-33(6)40-27-38-31(4)35(24-25-44(55)56)47(52-38)36-26-43(54)46-32(5)39(53-48(36)46)28-41-34(8-2)30(3)37(50-41)29-42(49)51-40/h12-13,15-16,27-29,31,35,52,54H,7-11,14,17-26H2,1-6H3,(H,55,56)/b13-12+,16-15+,38-27?,41-28?,42-29?,47-36?/t31-,35-/m0/s1. The van der Waals surface area contributed by atoms with E-state index in [2.05, 4.69) is 57.3 Å². The molecular weight excluding hydrogens is 725 g/mol. The summed E-state index contributed by atoms with van der Waals surface area (Å²) in [5.74, 6) is -0.604. The third-order valence-electron chi connectivity index (χ3n) is 12.2. The van der Waals surface area contributed by atoms with Crippen LogP contribution in [-0.4, -0.2) is 39.3 Å². The van der Waals surface area contributed by atoms with Gasteiger partial charge in [-0.05, 0) is 107 Å². The number of fused-ring (bicyclic) bond motifs is 5. The van der Waals surface area contributed by atoms with Crippen LogP contribution in [0.1, 0.15) is 144 Å². The van der Waals surface area contributed by atoms with E-state index in [1.54, 1.807) is 0 Å². The van der Waals surface area contributed by atoms with E-state index in [9.17, 15) is 19.8 Å². The number of aliphatic hydroxyl groups is 1. The number of rotatable bonds is 19. The van der Waals surface area contributed by atoms with Gasteiger partial charge < -0.3 is 20.3 Å². The van der Waals surface area contributed by atoms with Crippen LogP contribution >= 0.6 is 0 Å². The van der Waals surface area contributed by atoms with Crippen molar-refractivity contribution in [2.75, 3.05) is 0 Å². The summed E-state index contributed by atoms with van der Waals surface area (Å²) >= 11 is 0. The van der Waals surface area contributed by atoms with Crippen LogP contribution in [0.15, 0.2) is 131 Å². The molecule has 1 saturated heterocycles. The molecule has 0 aromatic rings. The average Bonchev–Trinajstić information content (AvgIpc) is 3.95.